The first-order valence-corrected chi connectivity index (χ1v) is 12.4. The van der Waals surface area contributed by atoms with E-state index in [4.69, 9.17) is 0 Å². The Labute approximate surface area is 205 Å². The molecule has 0 unspecified atom stereocenters. The van der Waals surface area contributed by atoms with Crippen LogP contribution in [-0.4, -0.2) is 27.1 Å². The van der Waals surface area contributed by atoms with Crippen molar-refractivity contribution in [2.75, 3.05) is 0 Å². The molecule has 5 heteroatoms. The Hall–Kier alpha value is -3.73. The highest BCUT2D eigenvalue weighted by Crippen LogP contribution is 2.32. The van der Waals surface area contributed by atoms with Crippen molar-refractivity contribution >= 4 is 39.1 Å². The van der Waals surface area contributed by atoms with E-state index in [9.17, 15) is 14.8 Å². The van der Waals surface area contributed by atoms with Gasteiger partial charge in [0.05, 0.1) is 0 Å². The smallest absolute Gasteiger partial charge is 0.193 e. The molecule has 178 valence electrons. The zero-order valence-corrected chi connectivity index (χ0v) is 20.3. The fourth-order valence-electron chi connectivity index (χ4n) is 5.56. The van der Waals surface area contributed by atoms with Crippen LogP contribution in [0.1, 0.15) is 66.1 Å². The molecule has 0 bridgehead atoms. The number of ketones is 2. The molecule has 0 aliphatic heterocycles. The number of oxime groups is 1. The Balaban J connectivity index is 1.59. The van der Waals surface area contributed by atoms with Crippen molar-refractivity contribution in [1.29, 1.82) is 0 Å². The summed E-state index contributed by atoms with van der Waals surface area (Å²) in [5, 5.41) is 15.0. The number of carbonyl (C=O) groups excluding carboxylic acids is 2. The number of nitrogens with zero attached hydrogens (tertiary/aromatic N) is 2. The van der Waals surface area contributed by atoms with Crippen LogP contribution >= 0.6 is 0 Å². The second-order valence-corrected chi connectivity index (χ2v) is 9.58. The molecule has 5 rings (SSSR count). The molecule has 0 saturated heterocycles. The number of Topliss-reactive ketones (excluding diaryl/α,β-unsaturated/α-hetero) is 1. The first kappa shape index (κ1) is 23.0. The molecule has 1 aliphatic rings. The molecule has 0 atom stereocenters. The first-order chi connectivity index (χ1) is 17.0. The van der Waals surface area contributed by atoms with Crippen molar-refractivity contribution < 1.29 is 14.8 Å². The van der Waals surface area contributed by atoms with E-state index in [1.807, 2.05) is 67.6 Å². The van der Waals surface area contributed by atoms with Crippen molar-refractivity contribution in [3.05, 3.63) is 82.9 Å². The predicted molar refractivity (Wildman–Crippen MR) is 140 cm³/mol. The summed E-state index contributed by atoms with van der Waals surface area (Å²) in [6, 6.07) is 19.2. The maximum atomic E-state index is 13.3. The Kier molecular flexibility index (Phi) is 6.25. The second kappa shape index (κ2) is 9.49. The van der Waals surface area contributed by atoms with E-state index in [0.717, 1.165) is 59.6 Å². The number of carbonyl (C=O) groups is 2. The molecule has 1 aromatic heterocycles. The first-order valence-electron chi connectivity index (χ1n) is 12.4. The largest absolute Gasteiger partial charge is 0.410 e. The van der Waals surface area contributed by atoms with Gasteiger partial charge in [-0.1, -0.05) is 61.2 Å². The Morgan fingerprint density at radius 2 is 1.57 bits per heavy atom. The molecule has 1 saturated carbocycles. The van der Waals surface area contributed by atoms with Gasteiger partial charge in [-0.25, -0.2) is 0 Å². The topological polar surface area (TPSA) is 71.7 Å². The highest BCUT2D eigenvalue weighted by atomic mass is 16.4. The van der Waals surface area contributed by atoms with Crippen molar-refractivity contribution in [3.8, 4) is 0 Å². The standard InChI is InChI=1S/C30H30N2O3/c1-3-32-26-14-12-21(29(31-35)28(33)16-20-9-5-6-10-20)17-24(26)25-18-22(13-15-27(25)32)30(34)23-11-7-4-8-19(23)2/h4,7-8,11-15,17-18,20,35H,3,5-6,9-10,16H2,1-2H3. The molecule has 3 aromatic carbocycles. The van der Waals surface area contributed by atoms with Crippen molar-refractivity contribution in [1.82, 2.24) is 4.57 Å². The zero-order valence-electron chi connectivity index (χ0n) is 20.3. The van der Waals surface area contributed by atoms with Crippen LogP contribution < -0.4 is 0 Å². The van der Waals surface area contributed by atoms with Gasteiger partial charge in [0.2, 0.25) is 0 Å². The summed E-state index contributed by atoms with van der Waals surface area (Å²) in [7, 11) is 0. The molecule has 35 heavy (non-hydrogen) atoms. The maximum Gasteiger partial charge on any atom is 0.193 e. The van der Waals surface area contributed by atoms with Crippen molar-refractivity contribution in [3.63, 3.8) is 0 Å². The van der Waals surface area contributed by atoms with Crippen LogP contribution in [0, 0.1) is 12.8 Å². The lowest BCUT2D eigenvalue weighted by Gasteiger charge is -2.09. The quantitative estimate of drug-likeness (QED) is 0.143. The summed E-state index contributed by atoms with van der Waals surface area (Å²) in [5.41, 5.74) is 5.03. The van der Waals surface area contributed by atoms with Crippen LogP contribution in [0.2, 0.25) is 0 Å². The van der Waals surface area contributed by atoms with Crippen LogP contribution in [0.5, 0.6) is 0 Å². The average molecular weight is 467 g/mol. The van der Waals surface area contributed by atoms with Crippen LogP contribution in [0.15, 0.2) is 65.8 Å². The minimum atomic E-state index is -0.117. The molecule has 0 radical (unpaired) electrons. The van der Waals surface area contributed by atoms with E-state index in [2.05, 4.69) is 16.6 Å². The Morgan fingerprint density at radius 1 is 0.943 bits per heavy atom. The summed E-state index contributed by atoms with van der Waals surface area (Å²) in [4.78, 5) is 26.3. The Morgan fingerprint density at radius 3 is 2.20 bits per heavy atom. The number of rotatable bonds is 7. The lowest BCUT2D eigenvalue weighted by atomic mass is 9.94. The molecular formula is C30H30N2O3. The normalized spacial score (nSPS) is 14.7. The van der Waals surface area contributed by atoms with E-state index in [1.165, 1.54) is 0 Å². The SMILES string of the molecule is CCn1c2ccc(C(=O)c3ccccc3C)cc2c2cc(C(=NO)C(=O)CC3CCCC3)ccc21. The molecule has 1 heterocycles. The lowest BCUT2D eigenvalue weighted by molar-refractivity contribution is -0.113. The third-order valence-corrected chi connectivity index (χ3v) is 7.42. The predicted octanol–water partition coefficient (Wildman–Crippen LogP) is 6.68. The number of fused-ring (bicyclic) bond motifs is 3. The fraction of sp³-hybridized carbons (Fsp3) is 0.300. The summed E-state index contributed by atoms with van der Waals surface area (Å²) in [6.07, 6.45) is 4.87. The highest BCUT2D eigenvalue weighted by Gasteiger charge is 2.24. The minimum absolute atomic E-state index is 0.0112. The number of benzene rings is 3. The molecule has 1 fully saturated rings. The maximum absolute atomic E-state index is 13.3. The fourth-order valence-corrected chi connectivity index (χ4v) is 5.56. The van der Waals surface area contributed by atoms with Crippen LogP contribution in [0.3, 0.4) is 0 Å². The molecule has 0 amide bonds. The van der Waals surface area contributed by atoms with Gasteiger partial charge in [0.15, 0.2) is 17.3 Å². The van der Waals surface area contributed by atoms with E-state index in [1.54, 1.807) is 0 Å². The minimum Gasteiger partial charge on any atom is -0.410 e. The van der Waals surface area contributed by atoms with Gasteiger partial charge < -0.3 is 9.77 Å². The van der Waals surface area contributed by atoms with Crippen LogP contribution in [0.25, 0.3) is 21.8 Å². The van der Waals surface area contributed by atoms with E-state index < -0.39 is 0 Å². The van der Waals surface area contributed by atoms with Crippen molar-refractivity contribution in [2.24, 2.45) is 11.1 Å². The summed E-state index contributed by atoms with van der Waals surface area (Å²) >= 11 is 0. The molecular weight excluding hydrogens is 436 g/mol. The number of hydrogen-bond acceptors (Lipinski definition) is 4. The van der Waals surface area contributed by atoms with Gasteiger partial charge in [-0.15, -0.1) is 0 Å². The summed E-state index contributed by atoms with van der Waals surface area (Å²) in [5.74, 6) is 0.247. The van der Waals surface area contributed by atoms with Crippen LogP contribution in [-0.2, 0) is 11.3 Å². The van der Waals surface area contributed by atoms with Crippen molar-refractivity contribution in [2.45, 2.75) is 52.5 Å². The number of aromatic nitrogens is 1. The second-order valence-electron chi connectivity index (χ2n) is 9.58. The highest BCUT2D eigenvalue weighted by molar-refractivity contribution is 6.46. The lowest BCUT2D eigenvalue weighted by Crippen LogP contribution is -2.18. The van der Waals surface area contributed by atoms with Gasteiger partial charge in [-0.05, 0) is 55.7 Å². The monoisotopic (exact) mass is 466 g/mol. The molecule has 1 aliphatic carbocycles. The molecule has 5 nitrogen and oxygen atoms in total. The average Bonchev–Trinajstić information content (AvgIpc) is 3.49. The van der Waals surface area contributed by atoms with Gasteiger partial charge in [-0.2, -0.15) is 0 Å². The van der Waals surface area contributed by atoms with E-state index >= 15 is 0 Å². The van der Waals surface area contributed by atoms with Gasteiger partial charge >= 0.3 is 0 Å². The van der Waals surface area contributed by atoms with E-state index in [-0.39, 0.29) is 17.3 Å². The van der Waals surface area contributed by atoms with Gasteiger partial charge in [-0.3, -0.25) is 9.59 Å². The zero-order chi connectivity index (χ0) is 24.5. The van der Waals surface area contributed by atoms with Gasteiger partial charge in [0, 0.05) is 51.5 Å². The van der Waals surface area contributed by atoms with E-state index in [0.29, 0.717) is 29.0 Å². The number of hydrogen-bond donors (Lipinski definition) is 1. The van der Waals surface area contributed by atoms with Crippen LogP contribution in [0.4, 0.5) is 0 Å². The molecule has 4 aromatic rings. The number of aryl methyl sites for hydroxylation is 2. The third kappa shape index (κ3) is 4.16. The molecule has 0 spiro atoms. The van der Waals surface area contributed by atoms with Gasteiger partial charge in [0.1, 0.15) is 0 Å². The Bertz CT molecular complexity index is 1470. The summed E-state index contributed by atoms with van der Waals surface area (Å²) in [6.45, 7) is 4.80. The summed E-state index contributed by atoms with van der Waals surface area (Å²) < 4.78 is 2.20. The van der Waals surface area contributed by atoms with Gasteiger partial charge in [0.25, 0.3) is 0 Å². The molecule has 1 N–H and O–H groups in total. The third-order valence-electron chi connectivity index (χ3n) is 7.42.